The second-order valence-corrected chi connectivity index (χ2v) is 36.3. The smallest absolute Gasteiger partial charge is 0.238 e. The minimum atomic E-state index is -3.41. The zero-order valence-corrected chi connectivity index (χ0v) is 55.6. The van der Waals surface area contributed by atoms with Crippen LogP contribution in [0.15, 0.2) is 291 Å². The lowest BCUT2D eigenvalue weighted by Crippen LogP contribution is -2.78. The highest BCUT2D eigenvalue weighted by atomic mass is 28.3. The molecule has 4 saturated carbocycles. The molecule has 0 atom stereocenters. The Balaban J connectivity index is 0.926. The Morgan fingerprint density at radius 3 is 1.00 bits per heavy atom. The van der Waals surface area contributed by atoms with E-state index in [-0.39, 0.29) is 0 Å². The van der Waals surface area contributed by atoms with Gasteiger partial charge in [0, 0.05) is 57.4 Å². The molecule has 462 valence electrons. The van der Waals surface area contributed by atoms with Gasteiger partial charge >= 0.3 is 0 Å². The second-order valence-electron chi connectivity index (χ2n) is 28.7. The molecule has 6 nitrogen and oxygen atoms in total. The van der Waals surface area contributed by atoms with E-state index in [0.717, 1.165) is 62.2 Å². The molecule has 6 heterocycles. The zero-order valence-electron chi connectivity index (χ0n) is 53.6. The van der Waals surface area contributed by atoms with E-state index in [2.05, 4.69) is 306 Å². The van der Waals surface area contributed by atoms with Crippen molar-refractivity contribution in [2.24, 2.45) is 23.7 Å². The first-order chi connectivity index (χ1) is 47.0. The summed E-state index contributed by atoms with van der Waals surface area (Å²) in [5.74, 6) is 5.25. The summed E-state index contributed by atoms with van der Waals surface area (Å²) in [5, 5.41) is 13.1. The van der Waals surface area contributed by atoms with Crippen molar-refractivity contribution < 1.29 is 0 Å². The molecule has 0 spiro atoms. The number of anilines is 2. The van der Waals surface area contributed by atoms with E-state index in [1.165, 1.54) is 123 Å². The van der Waals surface area contributed by atoms with Gasteiger partial charge in [-0.3, -0.25) is 4.57 Å². The molecule has 95 heavy (non-hydrogen) atoms. The van der Waals surface area contributed by atoms with Crippen molar-refractivity contribution >= 4 is 90.8 Å². The number of nitrogens with zero attached hydrogens (tertiary/aromatic N) is 6. The molecule has 8 bridgehead atoms. The fraction of sp³-hybridized carbons (Fsp3) is 0.207. The molecule has 0 N–H and O–H groups in total. The van der Waals surface area contributed by atoms with Gasteiger partial charge in [-0.2, -0.15) is 9.97 Å². The molecule has 8 fully saturated rings. The summed E-state index contributed by atoms with van der Waals surface area (Å²) in [7, 11) is -6.83. The molecule has 4 aliphatic carbocycles. The Bertz CT molecular complexity index is 4620. The summed E-state index contributed by atoms with van der Waals surface area (Å²) in [6.45, 7) is 0. The second kappa shape index (κ2) is 23.0. The van der Waals surface area contributed by atoms with Crippen molar-refractivity contribution in [3.63, 3.8) is 0 Å². The average Bonchev–Trinajstić information content (AvgIpc) is 1.37. The third-order valence-corrected chi connectivity index (χ3v) is 32.9. The van der Waals surface area contributed by atoms with Crippen molar-refractivity contribution in [3.05, 3.63) is 291 Å². The summed E-state index contributed by atoms with van der Waals surface area (Å²) >= 11 is 0. The summed E-state index contributed by atoms with van der Waals surface area (Å²) < 4.78 is 2.28. The van der Waals surface area contributed by atoms with E-state index < -0.39 is 16.1 Å². The molecule has 0 amide bonds. The molecule has 11 aromatic carbocycles. The minimum absolute atomic E-state index is 0.576. The number of fused-ring (bicyclic) bond motifs is 3. The molecule has 13 aromatic rings. The molecule has 4 saturated heterocycles. The van der Waals surface area contributed by atoms with Gasteiger partial charge in [0.25, 0.3) is 0 Å². The maximum Gasteiger partial charge on any atom is 0.238 e. The molecule has 21 rings (SSSR count). The Morgan fingerprint density at radius 2 is 0.589 bits per heavy atom. The van der Waals surface area contributed by atoms with Gasteiger partial charge in [0.05, 0.1) is 11.0 Å². The van der Waals surface area contributed by atoms with Crippen LogP contribution in [0.4, 0.5) is 11.4 Å². The maximum absolute atomic E-state index is 5.91. The molecule has 4 aliphatic heterocycles. The number of hydrogen-bond acceptors (Lipinski definition) is 5. The fourth-order valence-electron chi connectivity index (χ4n) is 20.0. The van der Waals surface area contributed by atoms with Gasteiger partial charge in [-0.05, 0) is 177 Å². The molecule has 8 aliphatic rings. The minimum Gasteiger partial charge on any atom is -0.366 e. The Hall–Kier alpha value is -9.74. The Labute approximate surface area is 559 Å². The highest BCUT2D eigenvalue weighted by molar-refractivity contribution is 7.22. The molecule has 2 aromatic heterocycles. The monoisotopic (exact) mass is 1260 g/mol. The van der Waals surface area contributed by atoms with Crippen LogP contribution in [0, 0.1) is 23.7 Å². The van der Waals surface area contributed by atoms with E-state index in [0.29, 0.717) is 41.8 Å². The van der Waals surface area contributed by atoms with Gasteiger partial charge in [-0.1, -0.05) is 255 Å². The number of aromatic nitrogens is 4. The first-order valence-electron chi connectivity index (χ1n) is 35.1. The zero-order chi connectivity index (χ0) is 62.6. The summed E-state index contributed by atoms with van der Waals surface area (Å²) in [6.07, 6.45) is 13.3. The van der Waals surface area contributed by atoms with Crippen LogP contribution in [-0.4, -0.2) is 59.8 Å². The van der Waals surface area contributed by atoms with E-state index in [1.54, 1.807) is 0 Å². The number of hydrogen-bond donors (Lipinski definition) is 0. The van der Waals surface area contributed by atoms with Gasteiger partial charge in [-0.25, -0.2) is 4.98 Å². The molecular weight excluding hydrogens is 1190 g/mol. The SMILES string of the molecule is c1ccc(-c2ccc(-c3nc(-c4cc([Si](c5ccccc5)(c5ccccc5)c5cccc(N6C7CC8CC(C7)CC6C8)c5)cc([Si](c5ccccc5)(c5ccccc5)c5cccc(N6C7CC8CC(C7)CC6C8)c5)c4)nc(-n4c5ccccc5c5ccccc54)n3)cc2)cc1. The van der Waals surface area contributed by atoms with Gasteiger partial charge in [-0.15, -0.1) is 0 Å². The Kier molecular flexibility index (Phi) is 13.8. The highest BCUT2D eigenvalue weighted by Crippen LogP contribution is 2.52. The standard InChI is InChI=1S/C87H76N6Si2/c1-6-22-63(23-7-1)64-40-42-65(43-41-64)85-88-86(90-87(89-85)93-83-38-18-16-36-81(83)82-37-17-19-39-84(82)93)66-54-79(94(73-26-8-2-9-27-73,74-28-10-3-11-29-74)77-34-20-24-67(56-77)91-69-46-59-44-60(48-69)49-70(91)47-59)58-80(55-66)95(75-30-12-4-13-31-75,76-32-14-5-15-33-76)78-35-21-25-68(57-78)92-71-50-61-45-62(52-71)53-72(92)51-61/h1-43,54-62,69-72H,44-53H2. The largest absolute Gasteiger partial charge is 0.366 e. The lowest BCUT2D eigenvalue weighted by Gasteiger charge is -2.57. The maximum atomic E-state index is 5.91. The van der Waals surface area contributed by atoms with Gasteiger partial charge in [0.15, 0.2) is 27.8 Å². The van der Waals surface area contributed by atoms with Crippen LogP contribution in [-0.2, 0) is 0 Å². The van der Waals surface area contributed by atoms with Crippen molar-refractivity contribution in [2.45, 2.75) is 88.4 Å². The summed E-state index contributed by atoms with van der Waals surface area (Å²) in [5.41, 5.74) is 9.06. The van der Waals surface area contributed by atoms with E-state index in [1.807, 2.05) is 0 Å². The number of rotatable bonds is 14. The predicted octanol–water partition coefficient (Wildman–Crippen LogP) is 14.3. The number of benzene rings is 11. The Morgan fingerprint density at radius 1 is 0.253 bits per heavy atom. The lowest BCUT2D eigenvalue weighted by atomic mass is 9.63. The lowest BCUT2D eigenvalue weighted by molar-refractivity contribution is 0.0899. The number of piperidine rings is 4. The van der Waals surface area contributed by atoms with Crippen molar-refractivity contribution in [1.29, 1.82) is 0 Å². The first-order valence-corrected chi connectivity index (χ1v) is 39.1. The predicted molar refractivity (Wildman–Crippen MR) is 398 cm³/mol. The molecule has 8 heteroatoms. The normalized spacial score (nSPS) is 21.9. The third kappa shape index (κ3) is 9.40. The van der Waals surface area contributed by atoms with Crippen molar-refractivity contribution in [3.8, 4) is 39.9 Å². The fourth-order valence-corrected chi connectivity index (χ4v) is 29.8. The van der Waals surface area contributed by atoms with Crippen LogP contribution in [0.5, 0.6) is 0 Å². The third-order valence-electron chi connectivity index (χ3n) is 23.4. The van der Waals surface area contributed by atoms with E-state index in [4.69, 9.17) is 15.0 Å². The molecular formula is C87H76N6Si2. The summed E-state index contributed by atoms with van der Waals surface area (Å²) in [4.78, 5) is 23.2. The molecule has 0 radical (unpaired) electrons. The van der Waals surface area contributed by atoms with E-state index in [9.17, 15) is 0 Å². The van der Waals surface area contributed by atoms with Crippen LogP contribution >= 0.6 is 0 Å². The van der Waals surface area contributed by atoms with Gasteiger partial charge in [0.1, 0.15) is 0 Å². The topological polar surface area (TPSA) is 50.1 Å². The van der Waals surface area contributed by atoms with Crippen LogP contribution in [0.25, 0.3) is 61.7 Å². The molecule has 0 unspecified atom stereocenters. The highest BCUT2D eigenvalue weighted by Gasteiger charge is 2.51. The first kappa shape index (κ1) is 56.8. The summed E-state index contributed by atoms with van der Waals surface area (Å²) in [6, 6.07) is 114. The number of para-hydroxylation sites is 2. The van der Waals surface area contributed by atoms with Crippen molar-refractivity contribution in [2.75, 3.05) is 9.80 Å². The van der Waals surface area contributed by atoms with E-state index >= 15 is 0 Å². The van der Waals surface area contributed by atoms with Gasteiger partial charge < -0.3 is 9.80 Å². The van der Waals surface area contributed by atoms with Crippen LogP contribution < -0.4 is 51.3 Å². The van der Waals surface area contributed by atoms with Crippen LogP contribution in [0.3, 0.4) is 0 Å². The quantitative estimate of drug-likeness (QED) is 0.0802. The van der Waals surface area contributed by atoms with Crippen LogP contribution in [0.1, 0.15) is 64.2 Å². The average molecular weight is 1260 g/mol. The van der Waals surface area contributed by atoms with Crippen molar-refractivity contribution in [1.82, 2.24) is 19.5 Å². The van der Waals surface area contributed by atoms with Gasteiger partial charge in [0.2, 0.25) is 5.95 Å². The van der Waals surface area contributed by atoms with Crippen LogP contribution in [0.2, 0.25) is 0 Å².